The average Bonchev–Trinajstić information content (AvgIpc) is 2.55. The molecule has 0 aliphatic rings. The van der Waals surface area contributed by atoms with Crippen molar-refractivity contribution in [2.45, 2.75) is 39.4 Å². The number of aromatic nitrogens is 1. The topological polar surface area (TPSA) is 65.2 Å². The highest BCUT2D eigenvalue weighted by atomic mass is 16.2. The number of carbonyl (C=O) groups is 1. The van der Waals surface area contributed by atoms with Gasteiger partial charge in [-0.1, -0.05) is 30.3 Å². The van der Waals surface area contributed by atoms with Crippen molar-refractivity contribution in [3.8, 4) is 0 Å². The van der Waals surface area contributed by atoms with Crippen LogP contribution in [-0.4, -0.2) is 34.4 Å². The Morgan fingerprint density at radius 3 is 2.42 bits per heavy atom. The molecule has 128 valence electrons. The van der Waals surface area contributed by atoms with E-state index < -0.39 is 0 Å². The average molecular weight is 327 g/mol. The van der Waals surface area contributed by atoms with Crippen LogP contribution in [0.2, 0.25) is 0 Å². The summed E-state index contributed by atoms with van der Waals surface area (Å²) < 4.78 is 0. The second kappa shape index (κ2) is 8.45. The molecule has 2 aromatic rings. The fourth-order valence-electron chi connectivity index (χ4n) is 2.53. The number of nitrogens with zero attached hydrogens (tertiary/aromatic N) is 1. The summed E-state index contributed by atoms with van der Waals surface area (Å²) in [7, 11) is 0. The van der Waals surface area contributed by atoms with Crippen molar-refractivity contribution in [3.63, 3.8) is 0 Å². The summed E-state index contributed by atoms with van der Waals surface area (Å²) in [6, 6.07) is 13.6. The Bertz CT molecular complexity index is 690. The second-order valence-corrected chi connectivity index (χ2v) is 6.32. The number of pyridine rings is 1. The molecule has 1 amide bonds. The number of rotatable bonds is 7. The Kier molecular flexibility index (Phi) is 6.32. The molecule has 0 aliphatic heterocycles. The zero-order valence-electron chi connectivity index (χ0n) is 14.5. The molecule has 0 aliphatic carbocycles. The van der Waals surface area contributed by atoms with Crippen molar-refractivity contribution >= 4 is 5.91 Å². The van der Waals surface area contributed by atoms with E-state index in [2.05, 4.69) is 41.2 Å². The molecule has 0 saturated carbocycles. The van der Waals surface area contributed by atoms with Gasteiger partial charge in [0.1, 0.15) is 0 Å². The molecule has 1 unspecified atom stereocenters. The van der Waals surface area contributed by atoms with Crippen LogP contribution < -0.4 is 10.9 Å². The van der Waals surface area contributed by atoms with E-state index in [0.717, 1.165) is 13.1 Å². The smallest absolute Gasteiger partial charge is 0.253 e. The summed E-state index contributed by atoms with van der Waals surface area (Å²) in [5.41, 5.74) is 1.50. The maximum atomic E-state index is 12.2. The molecule has 1 aromatic heterocycles. The fourth-order valence-corrected chi connectivity index (χ4v) is 2.53. The fraction of sp³-hybridized carbons (Fsp3) is 0.368. The number of benzene rings is 1. The number of hydrogen-bond donors (Lipinski definition) is 2. The zero-order chi connectivity index (χ0) is 17.5. The maximum absolute atomic E-state index is 12.2. The van der Waals surface area contributed by atoms with Crippen LogP contribution in [0.4, 0.5) is 0 Å². The van der Waals surface area contributed by atoms with E-state index in [0.29, 0.717) is 11.6 Å². The molecule has 0 bridgehead atoms. The summed E-state index contributed by atoms with van der Waals surface area (Å²) in [6.07, 6.45) is 1.44. The van der Waals surface area contributed by atoms with E-state index in [-0.39, 0.29) is 17.5 Å². The largest absolute Gasteiger partial charge is 0.348 e. The molecule has 5 heteroatoms. The van der Waals surface area contributed by atoms with E-state index in [4.69, 9.17) is 0 Å². The van der Waals surface area contributed by atoms with Crippen LogP contribution in [0, 0.1) is 0 Å². The zero-order valence-corrected chi connectivity index (χ0v) is 14.5. The highest BCUT2D eigenvalue weighted by Crippen LogP contribution is 2.09. The Hall–Kier alpha value is -2.40. The first-order valence-electron chi connectivity index (χ1n) is 8.23. The predicted octanol–water partition coefficient (Wildman–Crippen LogP) is 2.40. The van der Waals surface area contributed by atoms with Crippen molar-refractivity contribution in [1.29, 1.82) is 0 Å². The molecule has 0 fully saturated rings. The summed E-state index contributed by atoms with van der Waals surface area (Å²) >= 11 is 0. The SMILES string of the molecule is CC(CN(Cc1ccccc1)C(C)C)NC(=O)c1ccc(=O)[nH]c1. The third-order valence-electron chi connectivity index (χ3n) is 3.89. The third-order valence-corrected chi connectivity index (χ3v) is 3.89. The van der Waals surface area contributed by atoms with Gasteiger partial charge in [0.2, 0.25) is 5.56 Å². The van der Waals surface area contributed by atoms with Crippen molar-refractivity contribution in [2.24, 2.45) is 0 Å². The Labute approximate surface area is 142 Å². The highest BCUT2D eigenvalue weighted by molar-refractivity contribution is 5.93. The molecule has 24 heavy (non-hydrogen) atoms. The maximum Gasteiger partial charge on any atom is 0.253 e. The van der Waals surface area contributed by atoms with Crippen LogP contribution in [-0.2, 0) is 6.54 Å². The molecule has 1 aromatic carbocycles. The summed E-state index contributed by atoms with van der Waals surface area (Å²) in [4.78, 5) is 28.1. The lowest BCUT2D eigenvalue weighted by Crippen LogP contribution is -2.44. The Morgan fingerprint density at radius 2 is 1.83 bits per heavy atom. The minimum absolute atomic E-state index is 0.00413. The first-order valence-corrected chi connectivity index (χ1v) is 8.23. The van der Waals surface area contributed by atoms with Crippen LogP contribution in [0.15, 0.2) is 53.5 Å². The summed E-state index contributed by atoms with van der Waals surface area (Å²) in [5, 5.41) is 2.98. The van der Waals surface area contributed by atoms with Crippen molar-refractivity contribution in [1.82, 2.24) is 15.2 Å². The van der Waals surface area contributed by atoms with Crippen LogP contribution >= 0.6 is 0 Å². The van der Waals surface area contributed by atoms with E-state index in [1.54, 1.807) is 0 Å². The van der Waals surface area contributed by atoms with Crippen molar-refractivity contribution in [3.05, 3.63) is 70.1 Å². The predicted molar refractivity (Wildman–Crippen MR) is 96.0 cm³/mol. The van der Waals surface area contributed by atoms with Gasteiger partial charge < -0.3 is 10.3 Å². The van der Waals surface area contributed by atoms with Crippen molar-refractivity contribution < 1.29 is 4.79 Å². The molecule has 1 heterocycles. The third kappa shape index (κ3) is 5.35. The lowest BCUT2D eigenvalue weighted by Gasteiger charge is -2.29. The van der Waals surface area contributed by atoms with Gasteiger partial charge in [-0.3, -0.25) is 14.5 Å². The number of amides is 1. The molecule has 2 N–H and O–H groups in total. The van der Waals surface area contributed by atoms with Gasteiger partial charge in [-0.05, 0) is 32.4 Å². The number of aromatic amines is 1. The van der Waals surface area contributed by atoms with Gasteiger partial charge in [-0.25, -0.2) is 0 Å². The van der Waals surface area contributed by atoms with Crippen LogP contribution in [0.3, 0.4) is 0 Å². The highest BCUT2D eigenvalue weighted by Gasteiger charge is 2.16. The molecule has 0 spiro atoms. The van der Waals surface area contributed by atoms with Gasteiger partial charge in [0.15, 0.2) is 0 Å². The van der Waals surface area contributed by atoms with Gasteiger partial charge in [0.05, 0.1) is 5.56 Å². The van der Waals surface area contributed by atoms with Gasteiger partial charge in [-0.15, -0.1) is 0 Å². The molecule has 0 radical (unpaired) electrons. The van der Waals surface area contributed by atoms with Crippen molar-refractivity contribution in [2.75, 3.05) is 6.54 Å². The molecule has 0 saturated heterocycles. The van der Waals surface area contributed by atoms with Gasteiger partial charge in [0, 0.05) is 37.4 Å². The number of carbonyl (C=O) groups excluding carboxylic acids is 1. The molecule has 1 atom stereocenters. The number of hydrogen-bond acceptors (Lipinski definition) is 3. The first kappa shape index (κ1) is 17.9. The standard InChI is InChI=1S/C19H25N3O2/c1-14(2)22(13-16-7-5-4-6-8-16)12-15(3)21-19(24)17-9-10-18(23)20-11-17/h4-11,14-15H,12-13H2,1-3H3,(H,20,23)(H,21,24). The first-order chi connectivity index (χ1) is 11.5. The van der Waals surface area contributed by atoms with E-state index in [9.17, 15) is 9.59 Å². The monoisotopic (exact) mass is 327 g/mol. The van der Waals surface area contributed by atoms with Gasteiger partial charge >= 0.3 is 0 Å². The number of nitrogens with one attached hydrogen (secondary N) is 2. The lowest BCUT2D eigenvalue weighted by molar-refractivity contribution is 0.0921. The minimum atomic E-state index is -0.214. The normalized spacial score (nSPS) is 12.4. The second-order valence-electron chi connectivity index (χ2n) is 6.32. The van der Waals surface area contributed by atoms with E-state index in [1.807, 2.05) is 25.1 Å². The minimum Gasteiger partial charge on any atom is -0.348 e. The lowest BCUT2D eigenvalue weighted by atomic mass is 10.1. The molecular formula is C19H25N3O2. The molecule has 2 rings (SSSR count). The Morgan fingerprint density at radius 1 is 1.12 bits per heavy atom. The van der Waals surface area contributed by atoms with Crippen LogP contribution in [0.25, 0.3) is 0 Å². The number of H-pyrrole nitrogens is 1. The summed E-state index contributed by atoms with van der Waals surface area (Å²) in [6.45, 7) is 7.89. The van der Waals surface area contributed by atoms with E-state index in [1.165, 1.54) is 23.9 Å². The quantitative estimate of drug-likeness (QED) is 0.821. The van der Waals surface area contributed by atoms with E-state index >= 15 is 0 Å². The van der Waals surface area contributed by atoms with Gasteiger partial charge in [-0.2, -0.15) is 0 Å². The van der Waals surface area contributed by atoms with Crippen LogP contribution in [0.1, 0.15) is 36.7 Å². The Balaban J connectivity index is 1.95. The summed E-state index contributed by atoms with van der Waals surface area (Å²) in [5.74, 6) is -0.179. The molecule has 5 nitrogen and oxygen atoms in total. The molecular weight excluding hydrogens is 302 g/mol. The van der Waals surface area contributed by atoms with Gasteiger partial charge in [0.25, 0.3) is 5.91 Å². The van der Waals surface area contributed by atoms with Crippen LogP contribution in [0.5, 0.6) is 0 Å².